The molecule has 1 amide bonds. The summed E-state index contributed by atoms with van der Waals surface area (Å²) in [6, 6.07) is 9.25. The van der Waals surface area contributed by atoms with E-state index in [4.69, 9.17) is 32.7 Å². The topological polar surface area (TPSA) is 138 Å². The van der Waals surface area contributed by atoms with E-state index in [0.29, 0.717) is 21.2 Å². The Bertz CT molecular complexity index is 1340. The van der Waals surface area contributed by atoms with E-state index < -0.39 is 29.1 Å². The number of H-pyrrole nitrogens is 1. The lowest BCUT2D eigenvalue weighted by atomic mass is 9.87. The second kappa shape index (κ2) is 11.8. The third-order valence-electron chi connectivity index (χ3n) is 5.41. The lowest BCUT2D eigenvalue weighted by molar-refractivity contribution is -0.121. The Balaban J connectivity index is 1.99. The summed E-state index contributed by atoms with van der Waals surface area (Å²) < 4.78 is 10.0. The van der Waals surface area contributed by atoms with E-state index in [1.807, 2.05) is 0 Å². The van der Waals surface area contributed by atoms with Crippen LogP contribution in [-0.4, -0.2) is 40.8 Å². The van der Waals surface area contributed by atoms with Crippen LogP contribution in [0.1, 0.15) is 46.3 Å². The zero-order valence-corrected chi connectivity index (χ0v) is 20.9. The fourth-order valence-electron chi connectivity index (χ4n) is 3.64. The van der Waals surface area contributed by atoms with Gasteiger partial charge >= 0.3 is 5.97 Å². The molecule has 9 nitrogen and oxygen atoms in total. The number of nitrogens with one attached hydrogen (secondary N) is 2. The quantitative estimate of drug-likeness (QED) is 0.303. The van der Waals surface area contributed by atoms with E-state index in [9.17, 15) is 24.6 Å². The molecule has 11 heteroatoms. The molecule has 0 fully saturated rings. The first kappa shape index (κ1) is 26.9. The van der Waals surface area contributed by atoms with Gasteiger partial charge in [-0.3, -0.25) is 9.59 Å². The number of amides is 1. The van der Waals surface area contributed by atoms with Crippen LogP contribution >= 0.6 is 23.2 Å². The van der Waals surface area contributed by atoms with Crippen LogP contribution in [0.25, 0.3) is 0 Å². The Morgan fingerprint density at radius 3 is 2.50 bits per heavy atom. The van der Waals surface area contributed by atoms with Crippen molar-refractivity contribution in [3.05, 3.63) is 85.2 Å². The number of phenols is 1. The van der Waals surface area contributed by atoms with Gasteiger partial charge in [-0.25, -0.2) is 4.79 Å². The molecule has 36 heavy (non-hydrogen) atoms. The minimum Gasteiger partial charge on any atom is -0.506 e. The molecule has 1 atom stereocenters. The van der Waals surface area contributed by atoms with Crippen LogP contribution in [-0.2, 0) is 16.1 Å². The van der Waals surface area contributed by atoms with Crippen molar-refractivity contribution < 1.29 is 29.3 Å². The third kappa shape index (κ3) is 6.10. The molecule has 0 aliphatic carbocycles. The fraction of sp³-hybridized carbons (Fsp3) is 0.240. The number of ether oxygens (including phenoxy) is 2. The van der Waals surface area contributed by atoms with Gasteiger partial charge in [0.25, 0.3) is 5.56 Å². The standard InChI is InChI=1S/C25H24Cl2N2O7/c1-3-36-25(34)16-12-29-24(33)22(23(16)32)15(14-5-7-20(35-2)19(30)9-14)10-21(31)28-11-13-4-6-17(26)18(27)8-13/h4-9,12,15,30H,3,10-11H2,1-2H3,(H,28,31)(H2,29,32,33). The summed E-state index contributed by atoms with van der Waals surface area (Å²) in [5.74, 6) is -3.01. The fourth-order valence-corrected chi connectivity index (χ4v) is 3.96. The van der Waals surface area contributed by atoms with Crippen LogP contribution in [0.2, 0.25) is 10.0 Å². The van der Waals surface area contributed by atoms with E-state index in [0.717, 1.165) is 6.20 Å². The molecule has 0 bridgehead atoms. The number of aromatic hydroxyl groups is 2. The van der Waals surface area contributed by atoms with Gasteiger partial charge in [-0.15, -0.1) is 0 Å². The molecule has 0 aliphatic rings. The molecule has 0 saturated heterocycles. The van der Waals surface area contributed by atoms with Crippen molar-refractivity contribution >= 4 is 35.1 Å². The molecule has 190 valence electrons. The van der Waals surface area contributed by atoms with Gasteiger partial charge in [-0.1, -0.05) is 35.3 Å². The molecule has 3 rings (SSSR count). The summed E-state index contributed by atoms with van der Waals surface area (Å²) in [5, 5.41) is 24.6. The highest BCUT2D eigenvalue weighted by Gasteiger charge is 2.28. The smallest absolute Gasteiger partial charge is 0.343 e. The van der Waals surface area contributed by atoms with Gasteiger partial charge in [-0.05, 0) is 42.3 Å². The van der Waals surface area contributed by atoms with Gasteiger partial charge in [0, 0.05) is 25.1 Å². The van der Waals surface area contributed by atoms with Gasteiger partial charge < -0.3 is 30.0 Å². The maximum absolute atomic E-state index is 12.9. The number of aromatic amines is 1. The van der Waals surface area contributed by atoms with Gasteiger partial charge in [0.05, 0.1) is 29.3 Å². The van der Waals surface area contributed by atoms with Gasteiger partial charge in [-0.2, -0.15) is 0 Å². The molecule has 4 N–H and O–H groups in total. The molecule has 0 saturated carbocycles. The summed E-state index contributed by atoms with van der Waals surface area (Å²) >= 11 is 12.0. The van der Waals surface area contributed by atoms with Crippen LogP contribution in [0.15, 0.2) is 47.4 Å². The van der Waals surface area contributed by atoms with Gasteiger partial charge in [0.2, 0.25) is 5.91 Å². The highest BCUT2D eigenvalue weighted by molar-refractivity contribution is 6.42. The highest BCUT2D eigenvalue weighted by Crippen LogP contribution is 2.37. The van der Waals surface area contributed by atoms with E-state index in [2.05, 4.69) is 10.3 Å². The van der Waals surface area contributed by atoms with Gasteiger partial charge in [0.15, 0.2) is 11.5 Å². The normalized spacial score (nSPS) is 11.6. The van der Waals surface area contributed by atoms with Crippen molar-refractivity contribution in [1.29, 1.82) is 0 Å². The van der Waals surface area contributed by atoms with E-state index in [1.54, 1.807) is 31.2 Å². The molecule has 3 aromatic rings. The van der Waals surface area contributed by atoms with Crippen LogP contribution in [0.3, 0.4) is 0 Å². The summed E-state index contributed by atoms with van der Waals surface area (Å²) in [6.07, 6.45) is 0.752. The first-order valence-corrected chi connectivity index (χ1v) is 11.6. The summed E-state index contributed by atoms with van der Waals surface area (Å²) in [7, 11) is 1.38. The average Bonchev–Trinajstić information content (AvgIpc) is 2.84. The number of halogens is 2. The lowest BCUT2D eigenvalue weighted by Gasteiger charge is -2.20. The Morgan fingerprint density at radius 2 is 1.86 bits per heavy atom. The Kier molecular flexibility index (Phi) is 8.84. The molecule has 0 aliphatic heterocycles. The van der Waals surface area contributed by atoms with Crippen molar-refractivity contribution in [3.8, 4) is 17.2 Å². The highest BCUT2D eigenvalue weighted by atomic mass is 35.5. The Morgan fingerprint density at radius 1 is 1.11 bits per heavy atom. The number of benzene rings is 2. The van der Waals surface area contributed by atoms with E-state index in [-0.39, 0.29) is 42.2 Å². The molecule has 2 aromatic carbocycles. The molecule has 0 spiro atoms. The molecule has 1 heterocycles. The predicted octanol–water partition coefficient (Wildman–Crippen LogP) is 4.12. The SMILES string of the molecule is CCOC(=O)c1c[nH]c(=O)c(C(CC(=O)NCc2ccc(Cl)c(Cl)c2)c2ccc(OC)c(O)c2)c1O. The van der Waals surface area contributed by atoms with Crippen LogP contribution in [0.5, 0.6) is 17.2 Å². The number of carbonyl (C=O) groups is 2. The number of phenolic OH excluding ortho intramolecular Hbond substituents is 1. The number of hydrogen-bond acceptors (Lipinski definition) is 7. The summed E-state index contributed by atoms with van der Waals surface area (Å²) in [6.45, 7) is 1.78. The van der Waals surface area contributed by atoms with Crippen molar-refractivity contribution in [2.45, 2.75) is 25.8 Å². The number of methoxy groups -OCH3 is 1. The average molecular weight is 535 g/mol. The number of carbonyl (C=O) groups excluding carboxylic acids is 2. The number of hydrogen-bond donors (Lipinski definition) is 4. The maximum atomic E-state index is 12.9. The second-order valence-electron chi connectivity index (χ2n) is 7.73. The minimum atomic E-state index is -1.03. The van der Waals surface area contributed by atoms with E-state index in [1.165, 1.54) is 19.2 Å². The molecule has 0 radical (unpaired) electrons. The summed E-state index contributed by atoms with van der Waals surface area (Å²) in [4.78, 5) is 40.5. The minimum absolute atomic E-state index is 0.0552. The van der Waals surface area contributed by atoms with Crippen molar-refractivity contribution in [2.75, 3.05) is 13.7 Å². The number of rotatable bonds is 9. The summed E-state index contributed by atoms with van der Waals surface area (Å²) in [5.41, 5.74) is -0.167. The van der Waals surface area contributed by atoms with Crippen LogP contribution in [0, 0.1) is 0 Å². The second-order valence-corrected chi connectivity index (χ2v) is 8.54. The third-order valence-corrected chi connectivity index (χ3v) is 6.15. The number of esters is 1. The number of aromatic nitrogens is 1. The Hall–Kier alpha value is -3.69. The first-order chi connectivity index (χ1) is 17.2. The molecular formula is C25H24Cl2N2O7. The monoisotopic (exact) mass is 534 g/mol. The Labute approximate surface area is 216 Å². The van der Waals surface area contributed by atoms with E-state index >= 15 is 0 Å². The van der Waals surface area contributed by atoms with Crippen molar-refractivity contribution in [3.63, 3.8) is 0 Å². The molecular weight excluding hydrogens is 511 g/mol. The van der Waals surface area contributed by atoms with Crippen molar-refractivity contribution in [2.24, 2.45) is 0 Å². The zero-order valence-electron chi connectivity index (χ0n) is 19.4. The number of pyridine rings is 1. The first-order valence-electron chi connectivity index (χ1n) is 10.8. The zero-order chi connectivity index (χ0) is 26.4. The van der Waals surface area contributed by atoms with Crippen LogP contribution in [0.4, 0.5) is 0 Å². The lowest BCUT2D eigenvalue weighted by Crippen LogP contribution is -2.27. The maximum Gasteiger partial charge on any atom is 0.343 e. The predicted molar refractivity (Wildman–Crippen MR) is 134 cm³/mol. The van der Waals surface area contributed by atoms with Crippen LogP contribution < -0.4 is 15.6 Å². The largest absolute Gasteiger partial charge is 0.506 e. The molecule has 1 aromatic heterocycles. The van der Waals surface area contributed by atoms with Gasteiger partial charge in [0.1, 0.15) is 11.3 Å². The van der Waals surface area contributed by atoms with Crippen molar-refractivity contribution in [1.82, 2.24) is 10.3 Å². The molecule has 1 unspecified atom stereocenters.